The zero-order valence-electron chi connectivity index (χ0n) is 10.1. The first-order chi connectivity index (χ1) is 8.17. The van der Waals surface area contributed by atoms with Gasteiger partial charge in [0.2, 0.25) is 0 Å². The van der Waals surface area contributed by atoms with Gasteiger partial charge in [-0.3, -0.25) is 4.79 Å². The fourth-order valence-corrected chi connectivity index (χ4v) is 1.23. The van der Waals surface area contributed by atoms with Crippen LogP contribution in [-0.4, -0.2) is 25.7 Å². The summed E-state index contributed by atoms with van der Waals surface area (Å²) in [7, 11) is 1.60. The number of methoxy groups -OCH3 is 1. The molecule has 1 amide bonds. The third-order valence-corrected chi connectivity index (χ3v) is 2.16. The molecule has 1 aromatic rings. The summed E-state index contributed by atoms with van der Waals surface area (Å²) < 4.78 is 10.5. The molecule has 0 saturated heterocycles. The Bertz CT molecular complexity index is 373. The first-order valence-electron chi connectivity index (χ1n) is 5.36. The minimum absolute atomic E-state index is 0.166. The van der Waals surface area contributed by atoms with Gasteiger partial charge in [0.1, 0.15) is 11.5 Å². The number of rotatable bonds is 6. The Morgan fingerprint density at radius 3 is 2.53 bits per heavy atom. The van der Waals surface area contributed by atoms with Crippen molar-refractivity contribution in [3.8, 4) is 11.5 Å². The normalized spacial score (nSPS) is 11.4. The molecule has 1 N–H and O–H groups in total. The predicted molar refractivity (Wildman–Crippen MR) is 66.3 cm³/mol. The summed E-state index contributed by atoms with van der Waals surface area (Å²) in [6.45, 7) is 5.66. The topological polar surface area (TPSA) is 47.6 Å². The van der Waals surface area contributed by atoms with Crippen LogP contribution >= 0.6 is 0 Å². The van der Waals surface area contributed by atoms with Crippen LogP contribution in [0.25, 0.3) is 0 Å². The molecule has 0 aliphatic rings. The molecule has 1 aromatic carbocycles. The maximum absolute atomic E-state index is 11.5. The molecular formula is C13H17NO3. The standard InChI is InChI=1S/C13H17NO3/c1-4-9-14-13(15)10(2)17-12-7-5-11(16-3)6-8-12/h4-8,10H,1,9H2,2-3H3,(H,14,15). The van der Waals surface area contributed by atoms with Crippen LogP contribution in [0.2, 0.25) is 0 Å². The molecule has 0 spiro atoms. The number of carbonyl (C=O) groups excluding carboxylic acids is 1. The third-order valence-electron chi connectivity index (χ3n) is 2.16. The smallest absolute Gasteiger partial charge is 0.261 e. The molecule has 0 heterocycles. The quantitative estimate of drug-likeness (QED) is 0.764. The minimum atomic E-state index is -0.539. The molecule has 1 atom stereocenters. The van der Waals surface area contributed by atoms with E-state index >= 15 is 0 Å². The maximum atomic E-state index is 11.5. The lowest BCUT2D eigenvalue weighted by molar-refractivity contribution is -0.127. The molecule has 0 radical (unpaired) electrons. The van der Waals surface area contributed by atoms with Crippen molar-refractivity contribution in [1.29, 1.82) is 0 Å². The van der Waals surface area contributed by atoms with E-state index in [9.17, 15) is 4.79 Å². The van der Waals surface area contributed by atoms with Gasteiger partial charge in [0.05, 0.1) is 7.11 Å². The number of hydrogen-bond acceptors (Lipinski definition) is 3. The van der Waals surface area contributed by atoms with Crippen molar-refractivity contribution in [3.05, 3.63) is 36.9 Å². The number of amides is 1. The average molecular weight is 235 g/mol. The molecule has 0 bridgehead atoms. The molecule has 17 heavy (non-hydrogen) atoms. The number of benzene rings is 1. The van der Waals surface area contributed by atoms with E-state index in [1.807, 2.05) is 0 Å². The van der Waals surface area contributed by atoms with Crippen molar-refractivity contribution in [1.82, 2.24) is 5.32 Å². The highest BCUT2D eigenvalue weighted by Crippen LogP contribution is 2.18. The Labute approximate surface area is 101 Å². The van der Waals surface area contributed by atoms with Gasteiger partial charge in [-0.15, -0.1) is 6.58 Å². The lowest BCUT2D eigenvalue weighted by atomic mass is 10.3. The van der Waals surface area contributed by atoms with E-state index in [-0.39, 0.29) is 5.91 Å². The molecule has 4 heteroatoms. The van der Waals surface area contributed by atoms with Crippen LogP contribution in [0.4, 0.5) is 0 Å². The summed E-state index contributed by atoms with van der Waals surface area (Å²) in [5.41, 5.74) is 0. The second-order valence-corrected chi connectivity index (χ2v) is 3.47. The summed E-state index contributed by atoms with van der Waals surface area (Å²) in [6.07, 6.45) is 1.08. The van der Waals surface area contributed by atoms with E-state index < -0.39 is 6.10 Å². The summed E-state index contributed by atoms with van der Waals surface area (Å²) >= 11 is 0. The SMILES string of the molecule is C=CCNC(=O)C(C)Oc1ccc(OC)cc1. The third kappa shape index (κ3) is 4.18. The minimum Gasteiger partial charge on any atom is -0.497 e. The number of hydrogen-bond donors (Lipinski definition) is 1. The molecule has 1 unspecified atom stereocenters. The highest BCUT2D eigenvalue weighted by molar-refractivity contribution is 5.80. The zero-order valence-corrected chi connectivity index (χ0v) is 10.1. The molecule has 0 aliphatic carbocycles. The van der Waals surface area contributed by atoms with Gasteiger partial charge in [-0.2, -0.15) is 0 Å². The van der Waals surface area contributed by atoms with Crippen molar-refractivity contribution in [3.63, 3.8) is 0 Å². The van der Waals surface area contributed by atoms with E-state index in [1.54, 1.807) is 44.4 Å². The second-order valence-electron chi connectivity index (χ2n) is 3.47. The van der Waals surface area contributed by atoms with Crippen LogP contribution in [0.5, 0.6) is 11.5 Å². The monoisotopic (exact) mass is 235 g/mol. The lowest BCUT2D eigenvalue weighted by Crippen LogP contribution is -2.36. The zero-order chi connectivity index (χ0) is 12.7. The van der Waals surface area contributed by atoms with Crippen molar-refractivity contribution in [2.24, 2.45) is 0 Å². The van der Waals surface area contributed by atoms with Gasteiger partial charge in [0, 0.05) is 6.54 Å². The van der Waals surface area contributed by atoms with Crippen molar-refractivity contribution in [2.45, 2.75) is 13.0 Å². The molecule has 0 aliphatic heterocycles. The van der Waals surface area contributed by atoms with Crippen LogP contribution in [0, 0.1) is 0 Å². The summed E-state index contributed by atoms with van der Waals surface area (Å²) in [5.74, 6) is 1.22. The number of ether oxygens (including phenoxy) is 2. The molecule has 1 rings (SSSR count). The van der Waals surface area contributed by atoms with Crippen molar-refractivity contribution < 1.29 is 14.3 Å². The summed E-state index contributed by atoms with van der Waals surface area (Å²) in [4.78, 5) is 11.5. The van der Waals surface area contributed by atoms with Crippen LogP contribution in [0.3, 0.4) is 0 Å². The molecule has 4 nitrogen and oxygen atoms in total. The van der Waals surface area contributed by atoms with Crippen LogP contribution in [0.1, 0.15) is 6.92 Å². The first kappa shape index (κ1) is 13.1. The molecule has 0 aromatic heterocycles. The Morgan fingerprint density at radius 2 is 2.00 bits per heavy atom. The van der Waals surface area contributed by atoms with Gasteiger partial charge in [-0.1, -0.05) is 6.08 Å². The number of nitrogens with one attached hydrogen (secondary N) is 1. The van der Waals surface area contributed by atoms with Gasteiger partial charge in [0.15, 0.2) is 6.10 Å². The molecule has 0 fully saturated rings. The van der Waals surface area contributed by atoms with E-state index in [1.165, 1.54) is 0 Å². The Hall–Kier alpha value is -1.97. The van der Waals surface area contributed by atoms with E-state index in [0.717, 1.165) is 5.75 Å². The largest absolute Gasteiger partial charge is 0.497 e. The Kier molecular flexibility index (Phi) is 5.07. The van der Waals surface area contributed by atoms with Crippen LogP contribution in [-0.2, 0) is 4.79 Å². The van der Waals surface area contributed by atoms with Crippen LogP contribution in [0.15, 0.2) is 36.9 Å². The van der Waals surface area contributed by atoms with Gasteiger partial charge < -0.3 is 14.8 Å². The maximum Gasteiger partial charge on any atom is 0.261 e. The van der Waals surface area contributed by atoms with Gasteiger partial charge >= 0.3 is 0 Å². The van der Waals surface area contributed by atoms with Crippen molar-refractivity contribution in [2.75, 3.05) is 13.7 Å². The number of carbonyl (C=O) groups is 1. The van der Waals surface area contributed by atoms with E-state index in [4.69, 9.17) is 9.47 Å². The molecular weight excluding hydrogens is 218 g/mol. The second kappa shape index (κ2) is 6.58. The Balaban J connectivity index is 2.51. The highest BCUT2D eigenvalue weighted by Gasteiger charge is 2.13. The first-order valence-corrected chi connectivity index (χ1v) is 5.36. The van der Waals surface area contributed by atoms with Crippen LogP contribution < -0.4 is 14.8 Å². The van der Waals surface area contributed by atoms with Gasteiger partial charge in [0.25, 0.3) is 5.91 Å². The van der Waals surface area contributed by atoms with E-state index in [0.29, 0.717) is 12.3 Å². The predicted octanol–water partition coefficient (Wildman–Crippen LogP) is 1.76. The highest BCUT2D eigenvalue weighted by atomic mass is 16.5. The van der Waals surface area contributed by atoms with Gasteiger partial charge in [-0.25, -0.2) is 0 Å². The average Bonchev–Trinajstić information content (AvgIpc) is 2.36. The van der Waals surface area contributed by atoms with E-state index in [2.05, 4.69) is 11.9 Å². The fraction of sp³-hybridized carbons (Fsp3) is 0.308. The molecule has 92 valence electrons. The van der Waals surface area contributed by atoms with Gasteiger partial charge in [-0.05, 0) is 31.2 Å². The summed E-state index contributed by atoms with van der Waals surface area (Å²) in [6, 6.07) is 7.08. The molecule has 0 saturated carbocycles. The Morgan fingerprint density at radius 1 is 1.41 bits per heavy atom. The van der Waals surface area contributed by atoms with Crippen molar-refractivity contribution >= 4 is 5.91 Å². The lowest BCUT2D eigenvalue weighted by Gasteiger charge is -2.14. The fourth-order valence-electron chi connectivity index (χ4n) is 1.23. The summed E-state index contributed by atoms with van der Waals surface area (Å²) in [5, 5.41) is 2.67.